The normalized spacial score (nSPS) is 14.0. The van der Waals surface area contributed by atoms with Gasteiger partial charge in [-0.15, -0.1) is 0 Å². The quantitative estimate of drug-likeness (QED) is 0.507. The number of nitrogens with two attached hydrogens (primary N) is 1. The van der Waals surface area contributed by atoms with Crippen LogP contribution in [0.4, 0.5) is 0 Å². The topological polar surface area (TPSA) is 53.1 Å². The highest BCUT2D eigenvalue weighted by Crippen LogP contribution is 2.08. The summed E-state index contributed by atoms with van der Waals surface area (Å²) in [7, 11) is 0. The summed E-state index contributed by atoms with van der Waals surface area (Å²) in [5, 5.41) is 7.46. The Labute approximate surface area is 88.2 Å². The Bertz CT molecular complexity index is 165. The Morgan fingerprint density at radius 3 is 1.64 bits per heavy atom. The predicted octanol–water partition coefficient (Wildman–Crippen LogP) is 1.92. The van der Waals surface area contributed by atoms with Crippen molar-refractivity contribution in [2.24, 2.45) is 17.6 Å². The second-order valence-electron chi connectivity index (χ2n) is 4.87. The summed E-state index contributed by atoms with van der Waals surface area (Å²) in [5.74, 6) is 1.51. The van der Waals surface area contributed by atoms with Crippen LogP contribution < -0.4 is 5.73 Å². The SMILES string of the molecule is CC(C)CN(CC(C)C)C(C)C(=N)N. The largest absolute Gasteiger partial charge is 0.386 e. The zero-order chi connectivity index (χ0) is 11.3. The standard InChI is InChI=1S/C11H25N3/c1-8(2)6-14(7-9(3)4)10(5)11(12)13/h8-10H,6-7H2,1-5H3,(H3,12,13). The van der Waals surface area contributed by atoms with Crippen molar-refractivity contribution in [3.63, 3.8) is 0 Å². The maximum Gasteiger partial charge on any atom is 0.108 e. The molecule has 0 radical (unpaired) electrons. The van der Waals surface area contributed by atoms with Gasteiger partial charge in [0, 0.05) is 13.1 Å². The lowest BCUT2D eigenvalue weighted by Crippen LogP contribution is -2.45. The zero-order valence-corrected chi connectivity index (χ0v) is 10.2. The summed E-state index contributed by atoms with van der Waals surface area (Å²) in [6.07, 6.45) is 0. The lowest BCUT2D eigenvalue weighted by Gasteiger charge is -2.31. The number of hydrogen-bond acceptors (Lipinski definition) is 2. The molecule has 0 aromatic carbocycles. The third-order valence-electron chi connectivity index (χ3n) is 2.20. The fourth-order valence-corrected chi connectivity index (χ4v) is 1.53. The van der Waals surface area contributed by atoms with E-state index in [-0.39, 0.29) is 11.9 Å². The van der Waals surface area contributed by atoms with Gasteiger partial charge in [0.25, 0.3) is 0 Å². The molecule has 0 aliphatic heterocycles. The summed E-state index contributed by atoms with van der Waals surface area (Å²) < 4.78 is 0. The molecule has 1 unspecified atom stereocenters. The number of nitrogens with zero attached hydrogens (tertiary/aromatic N) is 1. The highest BCUT2D eigenvalue weighted by molar-refractivity contribution is 5.82. The first-order valence-corrected chi connectivity index (χ1v) is 5.42. The monoisotopic (exact) mass is 199 g/mol. The molecule has 14 heavy (non-hydrogen) atoms. The van der Waals surface area contributed by atoms with Gasteiger partial charge in [-0.3, -0.25) is 10.3 Å². The van der Waals surface area contributed by atoms with E-state index in [0.717, 1.165) is 13.1 Å². The zero-order valence-electron chi connectivity index (χ0n) is 10.2. The molecule has 3 N–H and O–H groups in total. The van der Waals surface area contributed by atoms with Gasteiger partial charge in [-0.25, -0.2) is 0 Å². The molecule has 0 saturated heterocycles. The Balaban J connectivity index is 4.30. The van der Waals surface area contributed by atoms with Gasteiger partial charge in [-0.1, -0.05) is 27.7 Å². The number of hydrogen-bond donors (Lipinski definition) is 2. The minimum Gasteiger partial charge on any atom is -0.386 e. The predicted molar refractivity (Wildman–Crippen MR) is 62.6 cm³/mol. The first kappa shape index (κ1) is 13.4. The van der Waals surface area contributed by atoms with Crippen molar-refractivity contribution in [2.45, 2.75) is 40.7 Å². The van der Waals surface area contributed by atoms with Crippen molar-refractivity contribution < 1.29 is 0 Å². The maximum absolute atomic E-state index is 7.46. The number of nitrogens with one attached hydrogen (secondary N) is 1. The van der Waals surface area contributed by atoms with Crippen LogP contribution in [0, 0.1) is 17.2 Å². The Kier molecular flexibility index (Phi) is 5.77. The highest BCUT2D eigenvalue weighted by atomic mass is 15.2. The van der Waals surface area contributed by atoms with E-state index in [0.29, 0.717) is 11.8 Å². The van der Waals surface area contributed by atoms with E-state index < -0.39 is 0 Å². The van der Waals surface area contributed by atoms with Gasteiger partial charge in [-0.05, 0) is 18.8 Å². The average molecular weight is 199 g/mol. The number of rotatable bonds is 6. The molecule has 0 heterocycles. The fraction of sp³-hybridized carbons (Fsp3) is 0.909. The Morgan fingerprint density at radius 1 is 1.07 bits per heavy atom. The van der Waals surface area contributed by atoms with Crippen molar-refractivity contribution in [3.8, 4) is 0 Å². The molecular weight excluding hydrogens is 174 g/mol. The molecule has 84 valence electrons. The molecule has 0 aliphatic carbocycles. The minimum atomic E-state index is 0.0693. The van der Waals surface area contributed by atoms with Gasteiger partial charge in [0.1, 0.15) is 5.84 Å². The van der Waals surface area contributed by atoms with Gasteiger partial charge in [-0.2, -0.15) is 0 Å². The molecule has 0 aliphatic rings. The third-order valence-corrected chi connectivity index (χ3v) is 2.20. The molecule has 0 saturated carbocycles. The molecule has 3 nitrogen and oxygen atoms in total. The third kappa shape index (κ3) is 5.22. The smallest absolute Gasteiger partial charge is 0.108 e. The second-order valence-corrected chi connectivity index (χ2v) is 4.87. The van der Waals surface area contributed by atoms with Crippen molar-refractivity contribution in [1.82, 2.24) is 4.90 Å². The van der Waals surface area contributed by atoms with Crippen molar-refractivity contribution in [1.29, 1.82) is 5.41 Å². The molecule has 0 fully saturated rings. The summed E-state index contributed by atoms with van der Waals surface area (Å²) in [5.41, 5.74) is 5.53. The molecular formula is C11H25N3. The fourth-order valence-electron chi connectivity index (χ4n) is 1.53. The van der Waals surface area contributed by atoms with Crippen LogP contribution in [0.15, 0.2) is 0 Å². The van der Waals surface area contributed by atoms with Gasteiger partial charge < -0.3 is 5.73 Å². The van der Waals surface area contributed by atoms with Crippen LogP contribution >= 0.6 is 0 Å². The van der Waals surface area contributed by atoms with Gasteiger partial charge in [0.15, 0.2) is 0 Å². The Hall–Kier alpha value is -0.570. The molecule has 0 rings (SSSR count). The molecule has 1 atom stereocenters. The van der Waals surface area contributed by atoms with E-state index in [1.54, 1.807) is 0 Å². The lowest BCUT2D eigenvalue weighted by molar-refractivity contribution is 0.201. The average Bonchev–Trinajstić information content (AvgIpc) is 1.99. The lowest BCUT2D eigenvalue weighted by atomic mass is 10.1. The highest BCUT2D eigenvalue weighted by Gasteiger charge is 2.18. The molecule has 0 amide bonds. The molecule has 0 spiro atoms. The van der Waals surface area contributed by atoms with Crippen LogP contribution in [0.5, 0.6) is 0 Å². The van der Waals surface area contributed by atoms with Crippen LogP contribution in [-0.2, 0) is 0 Å². The van der Waals surface area contributed by atoms with Crippen LogP contribution in [0.2, 0.25) is 0 Å². The number of amidine groups is 1. The van der Waals surface area contributed by atoms with Crippen molar-refractivity contribution in [2.75, 3.05) is 13.1 Å². The maximum atomic E-state index is 7.46. The van der Waals surface area contributed by atoms with Crippen molar-refractivity contribution in [3.05, 3.63) is 0 Å². The second kappa shape index (κ2) is 6.02. The van der Waals surface area contributed by atoms with Gasteiger partial charge in [0.2, 0.25) is 0 Å². The summed E-state index contributed by atoms with van der Waals surface area (Å²) in [4.78, 5) is 2.29. The van der Waals surface area contributed by atoms with Gasteiger partial charge in [0.05, 0.1) is 6.04 Å². The summed E-state index contributed by atoms with van der Waals surface area (Å²) in [6, 6.07) is 0.0693. The van der Waals surface area contributed by atoms with E-state index >= 15 is 0 Å². The Morgan fingerprint density at radius 2 is 1.43 bits per heavy atom. The molecule has 0 bridgehead atoms. The van der Waals surface area contributed by atoms with Crippen LogP contribution in [0.1, 0.15) is 34.6 Å². The van der Waals surface area contributed by atoms with E-state index in [1.165, 1.54) is 0 Å². The van der Waals surface area contributed by atoms with Gasteiger partial charge >= 0.3 is 0 Å². The molecule has 0 aromatic rings. The first-order chi connectivity index (χ1) is 6.34. The van der Waals surface area contributed by atoms with E-state index in [9.17, 15) is 0 Å². The van der Waals surface area contributed by atoms with Crippen LogP contribution in [-0.4, -0.2) is 29.9 Å². The van der Waals surface area contributed by atoms with Crippen molar-refractivity contribution >= 4 is 5.84 Å². The summed E-state index contributed by atoms with van der Waals surface area (Å²) in [6.45, 7) is 12.8. The van der Waals surface area contributed by atoms with Crippen LogP contribution in [0.25, 0.3) is 0 Å². The first-order valence-electron chi connectivity index (χ1n) is 5.42. The van der Waals surface area contributed by atoms with E-state index in [2.05, 4.69) is 32.6 Å². The molecule has 0 aromatic heterocycles. The molecule has 3 heteroatoms. The van der Waals surface area contributed by atoms with E-state index in [4.69, 9.17) is 11.1 Å². The summed E-state index contributed by atoms with van der Waals surface area (Å²) >= 11 is 0. The van der Waals surface area contributed by atoms with Crippen LogP contribution in [0.3, 0.4) is 0 Å². The van der Waals surface area contributed by atoms with E-state index in [1.807, 2.05) is 6.92 Å². The minimum absolute atomic E-state index is 0.0693.